The zero-order chi connectivity index (χ0) is 36.0. The summed E-state index contributed by atoms with van der Waals surface area (Å²) in [6.07, 6.45) is -26.4. The molecule has 0 aliphatic carbocycles. The van der Waals surface area contributed by atoms with Crippen LogP contribution in [-0.4, -0.2) is 98.6 Å². The van der Waals surface area contributed by atoms with Crippen LogP contribution in [0.2, 0.25) is 0 Å². The van der Waals surface area contributed by atoms with E-state index in [9.17, 15) is 52.7 Å². The Bertz CT molecular complexity index is 1250. The number of benzene rings is 2. The minimum absolute atomic E-state index is 0. The lowest BCUT2D eigenvalue weighted by molar-refractivity contribution is -0.291. The maximum Gasteiger partial charge on any atom is 0.573 e. The molecule has 2 aliphatic rings. The molecule has 284 valence electrons. The molecule has 0 saturated carbocycles. The van der Waals surface area contributed by atoms with Crippen LogP contribution in [0.4, 0.5) is 52.7 Å². The summed E-state index contributed by atoms with van der Waals surface area (Å²) >= 11 is 0. The molecule has 50 heavy (non-hydrogen) atoms. The van der Waals surface area contributed by atoms with Crippen molar-refractivity contribution >= 4 is 12.4 Å². The third-order valence-corrected chi connectivity index (χ3v) is 7.51. The number of likely N-dealkylation sites (tertiary alicyclic amines) is 2. The topological polar surface area (TPSA) is 52.6 Å². The van der Waals surface area contributed by atoms with Crippen LogP contribution in [0.1, 0.15) is 25.7 Å². The minimum atomic E-state index is -5.20. The second-order valence-electron chi connectivity index (χ2n) is 11.5. The maximum absolute atomic E-state index is 14.1. The molecule has 2 aliphatic heterocycles. The first-order valence-corrected chi connectivity index (χ1v) is 15.0. The number of hydrogen-bond donors (Lipinski definition) is 0. The van der Waals surface area contributed by atoms with Crippen LogP contribution in [-0.2, 0) is 4.74 Å². The van der Waals surface area contributed by atoms with Crippen LogP contribution in [0.15, 0.2) is 48.5 Å². The van der Waals surface area contributed by atoms with Gasteiger partial charge in [-0.2, -0.15) is 26.3 Å². The summed E-state index contributed by atoms with van der Waals surface area (Å²) in [5.74, 6) is -1.23. The lowest BCUT2D eigenvalue weighted by atomic mass is 10.1. The Morgan fingerprint density at radius 3 is 1.28 bits per heavy atom. The smallest absolute Gasteiger partial charge is 0.489 e. The van der Waals surface area contributed by atoms with E-state index < -0.39 is 74.1 Å². The van der Waals surface area contributed by atoms with E-state index in [1.807, 2.05) is 0 Å². The summed E-state index contributed by atoms with van der Waals surface area (Å²) in [6.45, 7) is -2.12. The Kier molecular flexibility index (Phi) is 14.1. The highest BCUT2D eigenvalue weighted by molar-refractivity contribution is 5.85. The molecule has 4 rings (SSSR count). The number of rotatable bonds is 12. The molecule has 2 aromatic rings. The van der Waals surface area contributed by atoms with Gasteiger partial charge in [-0.25, -0.2) is 0 Å². The molecule has 0 N–H and O–H groups in total. The summed E-state index contributed by atoms with van der Waals surface area (Å²) in [6, 6.07) is 9.08. The second-order valence-corrected chi connectivity index (χ2v) is 11.5. The first-order valence-electron chi connectivity index (χ1n) is 15.0. The third-order valence-electron chi connectivity index (χ3n) is 7.51. The van der Waals surface area contributed by atoms with E-state index in [1.54, 1.807) is 0 Å². The molecule has 0 aromatic heterocycles. The van der Waals surface area contributed by atoms with Gasteiger partial charge in [0, 0.05) is 38.3 Å². The highest BCUT2D eigenvalue weighted by Crippen LogP contribution is 2.34. The maximum atomic E-state index is 14.1. The van der Waals surface area contributed by atoms with Crippen molar-refractivity contribution in [2.45, 2.75) is 75.2 Å². The average Bonchev–Trinajstić information content (AvgIpc) is 2.94. The van der Waals surface area contributed by atoms with Gasteiger partial charge >= 0.3 is 25.1 Å². The van der Waals surface area contributed by atoms with E-state index in [4.69, 9.17) is 14.2 Å². The Hall–Kier alpha value is -3.03. The summed E-state index contributed by atoms with van der Waals surface area (Å²) in [4.78, 5) is 2.44. The van der Waals surface area contributed by atoms with Crippen molar-refractivity contribution in [3.63, 3.8) is 0 Å². The fourth-order valence-electron chi connectivity index (χ4n) is 5.54. The Morgan fingerprint density at radius 1 is 0.580 bits per heavy atom. The number of piperidine rings is 2. The van der Waals surface area contributed by atoms with E-state index in [1.165, 1.54) is 34.1 Å². The molecule has 20 heteroatoms. The minimum Gasteiger partial charge on any atom is -0.489 e. The lowest BCUT2D eigenvalue weighted by Crippen LogP contribution is -2.54. The molecular weight excluding hydrogens is 732 g/mol. The number of hydrogen-bond acceptors (Lipinski definition) is 7. The van der Waals surface area contributed by atoms with E-state index in [0.717, 1.165) is 24.3 Å². The molecular formula is C30H33ClF12N2O5. The van der Waals surface area contributed by atoms with Gasteiger partial charge in [-0.15, -0.1) is 38.7 Å². The molecule has 2 heterocycles. The van der Waals surface area contributed by atoms with Crippen LogP contribution < -0.4 is 18.9 Å². The van der Waals surface area contributed by atoms with Crippen molar-refractivity contribution in [3.8, 4) is 23.0 Å². The van der Waals surface area contributed by atoms with Gasteiger partial charge in [0.15, 0.2) is 12.2 Å². The largest absolute Gasteiger partial charge is 0.573 e. The zero-order valence-electron chi connectivity index (χ0n) is 25.9. The Balaban J connectivity index is 0.00000676. The van der Waals surface area contributed by atoms with Gasteiger partial charge in [0.1, 0.15) is 35.2 Å². The Labute approximate surface area is 284 Å². The molecule has 0 amide bonds. The van der Waals surface area contributed by atoms with Crippen molar-refractivity contribution in [2.24, 2.45) is 0 Å². The standard InChI is InChI=1S/C30H32F12N2O5.ClH/c31-27(32,33)25(17-43-11-3-9-23(15-43)45-19-5-1-7-21(13-19)48-29(37,38)39)47-26(28(34,35)36)18-44-12-4-10-24(16-44)46-20-6-2-8-22(14-20)49-30(40,41)42;/h1-2,5-8,13-14,23-26H,3-4,9-12,15-18H2;1H/t23?,24?,25-,26-;/m0./s1. The highest BCUT2D eigenvalue weighted by atomic mass is 35.5. The molecule has 7 nitrogen and oxygen atoms in total. The van der Waals surface area contributed by atoms with E-state index in [0.29, 0.717) is 12.8 Å². The first kappa shape index (κ1) is 41.4. The molecule has 0 bridgehead atoms. The molecule has 4 atom stereocenters. The predicted molar refractivity (Wildman–Crippen MR) is 154 cm³/mol. The predicted octanol–water partition coefficient (Wildman–Crippen LogP) is 8.17. The average molecular weight is 765 g/mol. The quantitative estimate of drug-likeness (QED) is 0.202. The number of halogens is 13. The fourth-order valence-corrected chi connectivity index (χ4v) is 5.54. The van der Waals surface area contributed by atoms with Crippen molar-refractivity contribution in [3.05, 3.63) is 48.5 Å². The summed E-state index contributed by atoms with van der Waals surface area (Å²) < 4.78 is 184. The van der Waals surface area contributed by atoms with Crippen LogP contribution >= 0.6 is 12.4 Å². The summed E-state index contributed by atoms with van der Waals surface area (Å²) in [5.41, 5.74) is 0. The molecule has 2 aromatic carbocycles. The van der Waals surface area contributed by atoms with E-state index >= 15 is 0 Å². The van der Waals surface area contributed by atoms with Gasteiger partial charge in [0.25, 0.3) is 0 Å². The van der Waals surface area contributed by atoms with E-state index in [2.05, 4.69) is 9.47 Å². The summed E-state index contributed by atoms with van der Waals surface area (Å²) in [5, 5.41) is 0. The molecule has 0 spiro atoms. The van der Waals surface area contributed by atoms with Crippen LogP contribution in [0, 0.1) is 0 Å². The van der Waals surface area contributed by atoms with Crippen molar-refractivity contribution in [2.75, 3.05) is 39.3 Å². The lowest BCUT2D eigenvalue weighted by Gasteiger charge is -2.38. The van der Waals surface area contributed by atoms with Gasteiger partial charge < -0.3 is 23.7 Å². The number of ether oxygens (including phenoxy) is 5. The molecule has 2 unspecified atom stereocenters. The van der Waals surface area contributed by atoms with Crippen molar-refractivity contribution < 1.29 is 76.4 Å². The number of nitrogens with zero attached hydrogens (tertiary/aromatic N) is 2. The first-order chi connectivity index (χ1) is 22.7. The fraction of sp³-hybridized carbons (Fsp3) is 0.600. The molecule has 2 fully saturated rings. The van der Waals surface area contributed by atoms with Crippen LogP contribution in [0.5, 0.6) is 23.0 Å². The Morgan fingerprint density at radius 2 is 0.940 bits per heavy atom. The van der Waals surface area contributed by atoms with Gasteiger partial charge in [0.2, 0.25) is 0 Å². The van der Waals surface area contributed by atoms with E-state index in [-0.39, 0.29) is 62.9 Å². The van der Waals surface area contributed by atoms with Crippen molar-refractivity contribution in [1.82, 2.24) is 9.80 Å². The van der Waals surface area contributed by atoms with Gasteiger partial charge in [-0.3, -0.25) is 9.80 Å². The van der Waals surface area contributed by atoms with Crippen LogP contribution in [0.3, 0.4) is 0 Å². The van der Waals surface area contributed by atoms with Gasteiger partial charge in [-0.05, 0) is 63.0 Å². The zero-order valence-corrected chi connectivity index (χ0v) is 26.7. The molecule has 2 saturated heterocycles. The van der Waals surface area contributed by atoms with Gasteiger partial charge in [-0.1, -0.05) is 12.1 Å². The third kappa shape index (κ3) is 13.9. The molecule has 0 radical (unpaired) electrons. The summed E-state index contributed by atoms with van der Waals surface area (Å²) in [7, 11) is 0. The highest BCUT2D eigenvalue weighted by Gasteiger charge is 2.50. The SMILES string of the molecule is Cl.FC(F)(F)Oc1cccc(OC2CCCN(C[C@H](O[C@@H](CN3CCCC(Oc4cccc(OC(F)(F)F)c4)C3)C(F)(F)F)C(F)(F)F)C2)c1. The van der Waals surface area contributed by atoms with Gasteiger partial charge in [0.05, 0.1) is 0 Å². The monoisotopic (exact) mass is 764 g/mol. The second kappa shape index (κ2) is 17.0. The normalized spacial score (nSPS) is 21.1. The van der Waals surface area contributed by atoms with Crippen LogP contribution in [0.25, 0.3) is 0 Å². The number of alkyl halides is 12. The van der Waals surface area contributed by atoms with Crippen molar-refractivity contribution in [1.29, 1.82) is 0 Å².